The molecule has 2 rings (SSSR count). The molecule has 0 radical (unpaired) electrons. The van der Waals surface area contributed by atoms with E-state index in [9.17, 15) is 0 Å². The van der Waals surface area contributed by atoms with Gasteiger partial charge in [-0.2, -0.15) is 0 Å². The largest absolute Gasteiger partial charge is 0.489 e. The van der Waals surface area contributed by atoms with E-state index in [-0.39, 0.29) is 0 Å². The second-order valence-electron chi connectivity index (χ2n) is 5.07. The SMILES string of the molecule is Cc1cc(OCc2c(C)cccc2C)ccc1C#CCCl. The summed E-state index contributed by atoms with van der Waals surface area (Å²) in [6.45, 7) is 6.85. The van der Waals surface area contributed by atoms with Gasteiger partial charge >= 0.3 is 0 Å². The Morgan fingerprint density at radius 2 is 1.71 bits per heavy atom. The van der Waals surface area contributed by atoms with Gasteiger partial charge in [0.05, 0.1) is 5.88 Å². The summed E-state index contributed by atoms with van der Waals surface area (Å²) in [5.74, 6) is 7.14. The molecule has 2 aromatic carbocycles. The van der Waals surface area contributed by atoms with Crippen molar-refractivity contribution in [3.63, 3.8) is 0 Å². The van der Waals surface area contributed by atoms with E-state index in [0.29, 0.717) is 12.5 Å². The minimum Gasteiger partial charge on any atom is -0.489 e. The van der Waals surface area contributed by atoms with E-state index in [1.165, 1.54) is 16.7 Å². The van der Waals surface area contributed by atoms with Gasteiger partial charge in [0.25, 0.3) is 0 Å². The molecule has 0 amide bonds. The van der Waals surface area contributed by atoms with E-state index in [2.05, 4.69) is 43.9 Å². The first kappa shape index (κ1) is 15.5. The molecule has 2 aromatic rings. The molecular formula is C19H19ClO. The fourth-order valence-corrected chi connectivity index (χ4v) is 2.29. The van der Waals surface area contributed by atoms with Crippen LogP contribution in [0.4, 0.5) is 0 Å². The molecule has 0 aromatic heterocycles. The van der Waals surface area contributed by atoms with Crippen LogP contribution in [-0.4, -0.2) is 5.88 Å². The predicted octanol–water partition coefficient (Wildman–Crippen LogP) is 4.78. The molecule has 0 atom stereocenters. The van der Waals surface area contributed by atoms with Crippen LogP contribution in [0, 0.1) is 32.6 Å². The fraction of sp³-hybridized carbons (Fsp3) is 0.263. The van der Waals surface area contributed by atoms with Gasteiger partial charge in [-0.15, -0.1) is 11.6 Å². The highest BCUT2D eigenvalue weighted by atomic mass is 35.5. The monoisotopic (exact) mass is 298 g/mol. The quantitative estimate of drug-likeness (QED) is 0.585. The summed E-state index contributed by atoms with van der Waals surface area (Å²) < 4.78 is 5.92. The maximum Gasteiger partial charge on any atom is 0.120 e. The standard InChI is InChI=1S/C19H19ClO/c1-14-6-4-7-15(2)19(14)13-21-18-10-9-17(8-5-11-20)16(3)12-18/h4,6-7,9-10,12H,11,13H2,1-3H3. The molecule has 21 heavy (non-hydrogen) atoms. The summed E-state index contributed by atoms with van der Waals surface area (Å²) in [6.07, 6.45) is 0. The van der Waals surface area contributed by atoms with Gasteiger partial charge in [0, 0.05) is 5.56 Å². The zero-order valence-corrected chi connectivity index (χ0v) is 13.4. The van der Waals surface area contributed by atoms with Crippen molar-refractivity contribution in [2.45, 2.75) is 27.4 Å². The van der Waals surface area contributed by atoms with E-state index in [1.807, 2.05) is 25.1 Å². The summed E-state index contributed by atoms with van der Waals surface area (Å²) >= 11 is 5.58. The van der Waals surface area contributed by atoms with E-state index >= 15 is 0 Å². The van der Waals surface area contributed by atoms with Gasteiger partial charge in [-0.1, -0.05) is 30.0 Å². The fourth-order valence-electron chi connectivity index (χ4n) is 2.23. The van der Waals surface area contributed by atoms with Crippen LogP contribution in [0.1, 0.15) is 27.8 Å². The smallest absolute Gasteiger partial charge is 0.120 e. The van der Waals surface area contributed by atoms with E-state index in [0.717, 1.165) is 16.9 Å². The zero-order chi connectivity index (χ0) is 15.2. The van der Waals surface area contributed by atoms with Crippen LogP contribution in [-0.2, 0) is 6.61 Å². The van der Waals surface area contributed by atoms with E-state index in [4.69, 9.17) is 16.3 Å². The highest BCUT2D eigenvalue weighted by molar-refractivity contribution is 6.19. The number of ether oxygens (including phenoxy) is 1. The van der Waals surface area contributed by atoms with E-state index < -0.39 is 0 Å². The Balaban J connectivity index is 2.12. The topological polar surface area (TPSA) is 9.23 Å². The van der Waals surface area contributed by atoms with Crippen molar-refractivity contribution in [1.29, 1.82) is 0 Å². The van der Waals surface area contributed by atoms with Gasteiger partial charge in [-0.25, -0.2) is 0 Å². The van der Waals surface area contributed by atoms with Crippen LogP contribution in [0.2, 0.25) is 0 Å². The van der Waals surface area contributed by atoms with Gasteiger partial charge in [-0.05, 0) is 61.2 Å². The molecule has 0 fully saturated rings. The average Bonchev–Trinajstić information content (AvgIpc) is 2.46. The van der Waals surface area contributed by atoms with Gasteiger partial charge < -0.3 is 4.74 Å². The first-order chi connectivity index (χ1) is 10.1. The maximum atomic E-state index is 5.92. The van der Waals surface area contributed by atoms with Gasteiger partial charge in [0.15, 0.2) is 0 Å². The molecular weight excluding hydrogens is 280 g/mol. The molecule has 0 saturated carbocycles. The summed E-state index contributed by atoms with van der Waals surface area (Å²) in [5.41, 5.74) is 5.87. The van der Waals surface area contributed by atoms with Crippen molar-refractivity contribution < 1.29 is 4.74 Å². The lowest BCUT2D eigenvalue weighted by Gasteiger charge is -2.12. The van der Waals surface area contributed by atoms with Crippen molar-refractivity contribution in [1.82, 2.24) is 0 Å². The van der Waals surface area contributed by atoms with Gasteiger partial charge in [0.2, 0.25) is 0 Å². The van der Waals surface area contributed by atoms with Crippen molar-refractivity contribution in [2.24, 2.45) is 0 Å². The number of aryl methyl sites for hydroxylation is 3. The average molecular weight is 299 g/mol. The minimum absolute atomic E-state index is 0.351. The molecule has 0 N–H and O–H groups in total. The molecule has 0 saturated heterocycles. The van der Waals surface area contributed by atoms with Crippen LogP contribution in [0.25, 0.3) is 0 Å². The number of hydrogen-bond donors (Lipinski definition) is 0. The first-order valence-electron chi connectivity index (χ1n) is 6.95. The Hall–Kier alpha value is -1.91. The Bertz CT molecular complexity index is 672. The normalized spacial score (nSPS) is 9.90. The maximum absolute atomic E-state index is 5.92. The van der Waals surface area contributed by atoms with Crippen molar-refractivity contribution >= 4 is 11.6 Å². The van der Waals surface area contributed by atoms with Crippen molar-refractivity contribution in [3.05, 3.63) is 64.2 Å². The molecule has 1 nitrogen and oxygen atoms in total. The summed E-state index contributed by atoms with van der Waals surface area (Å²) in [4.78, 5) is 0. The Morgan fingerprint density at radius 1 is 1.00 bits per heavy atom. The molecule has 0 heterocycles. The summed E-state index contributed by atoms with van der Waals surface area (Å²) in [6, 6.07) is 12.3. The van der Waals surface area contributed by atoms with Crippen LogP contribution in [0.15, 0.2) is 36.4 Å². The van der Waals surface area contributed by atoms with E-state index in [1.54, 1.807) is 0 Å². The lowest BCUT2D eigenvalue weighted by molar-refractivity contribution is 0.304. The number of hydrogen-bond acceptors (Lipinski definition) is 1. The number of rotatable bonds is 3. The molecule has 108 valence electrons. The molecule has 0 bridgehead atoms. The van der Waals surface area contributed by atoms with Crippen LogP contribution >= 0.6 is 11.6 Å². The minimum atomic E-state index is 0.351. The summed E-state index contributed by atoms with van der Waals surface area (Å²) in [5, 5.41) is 0. The molecule has 2 heteroatoms. The number of halogens is 1. The Kier molecular flexibility index (Phi) is 5.31. The third-order valence-corrected chi connectivity index (χ3v) is 3.65. The first-order valence-corrected chi connectivity index (χ1v) is 7.48. The summed E-state index contributed by atoms with van der Waals surface area (Å²) in [7, 11) is 0. The number of benzene rings is 2. The molecule has 0 spiro atoms. The highest BCUT2D eigenvalue weighted by Crippen LogP contribution is 2.20. The second-order valence-corrected chi connectivity index (χ2v) is 5.34. The Morgan fingerprint density at radius 3 is 2.33 bits per heavy atom. The van der Waals surface area contributed by atoms with Crippen LogP contribution < -0.4 is 4.74 Å². The Labute approximate surface area is 131 Å². The van der Waals surface area contributed by atoms with Crippen molar-refractivity contribution in [3.8, 4) is 17.6 Å². The third kappa shape index (κ3) is 4.03. The third-order valence-electron chi connectivity index (χ3n) is 3.52. The molecule has 0 aliphatic carbocycles. The van der Waals surface area contributed by atoms with Crippen LogP contribution in [0.5, 0.6) is 5.75 Å². The number of alkyl halides is 1. The zero-order valence-electron chi connectivity index (χ0n) is 12.7. The van der Waals surface area contributed by atoms with Gasteiger partial charge in [0.1, 0.15) is 12.4 Å². The second kappa shape index (κ2) is 7.20. The molecule has 0 unspecified atom stereocenters. The van der Waals surface area contributed by atoms with Gasteiger partial charge in [-0.3, -0.25) is 0 Å². The molecule has 0 aliphatic heterocycles. The lowest BCUT2D eigenvalue weighted by Crippen LogP contribution is -2.00. The van der Waals surface area contributed by atoms with Crippen molar-refractivity contribution in [2.75, 3.05) is 5.88 Å². The predicted molar refractivity (Wildman–Crippen MR) is 89.0 cm³/mol. The van der Waals surface area contributed by atoms with Crippen LogP contribution in [0.3, 0.4) is 0 Å². The highest BCUT2D eigenvalue weighted by Gasteiger charge is 2.04. The molecule has 0 aliphatic rings. The lowest BCUT2D eigenvalue weighted by atomic mass is 10.0.